The van der Waals surface area contributed by atoms with E-state index in [0.29, 0.717) is 19.6 Å². The van der Waals surface area contributed by atoms with Crippen LogP contribution in [0.2, 0.25) is 0 Å². The summed E-state index contributed by atoms with van der Waals surface area (Å²) in [7, 11) is 1.95. The van der Waals surface area contributed by atoms with Crippen molar-refractivity contribution >= 4 is 17.3 Å². The number of piperazine rings is 1. The van der Waals surface area contributed by atoms with Gasteiger partial charge >= 0.3 is 0 Å². The van der Waals surface area contributed by atoms with Gasteiger partial charge in [0.05, 0.1) is 16.5 Å². The Kier molecular flexibility index (Phi) is 4.85. The molecule has 0 radical (unpaired) electrons. The molecule has 0 aliphatic carbocycles. The van der Waals surface area contributed by atoms with Crippen LogP contribution in [0.5, 0.6) is 0 Å². The molecule has 2 aromatic rings. The first kappa shape index (κ1) is 17.8. The molecule has 0 saturated carbocycles. The summed E-state index contributed by atoms with van der Waals surface area (Å²) < 4.78 is 14.3. The molecule has 26 heavy (non-hydrogen) atoms. The number of rotatable bonds is 3. The fourth-order valence-corrected chi connectivity index (χ4v) is 3.18. The van der Waals surface area contributed by atoms with Crippen LogP contribution in [0.1, 0.15) is 22.0 Å². The van der Waals surface area contributed by atoms with Gasteiger partial charge in [0.15, 0.2) is 0 Å². The van der Waals surface area contributed by atoms with Crippen LogP contribution in [-0.4, -0.2) is 47.3 Å². The van der Waals surface area contributed by atoms with Gasteiger partial charge in [0.25, 0.3) is 11.6 Å². The molecule has 0 aromatic heterocycles. The van der Waals surface area contributed by atoms with Crippen molar-refractivity contribution in [2.75, 3.05) is 32.4 Å². The molecule has 8 heteroatoms. The predicted octanol–water partition coefficient (Wildman–Crippen LogP) is 2.45. The number of anilines is 1. The number of carbonyl (C=O) groups excluding carboxylic acids is 1. The summed E-state index contributed by atoms with van der Waals surface area (Å²) in [5.74, 6) is -1.43. The molecule has 0 unspecified atom stereocenters. The van der Waals surface area contributed by atoms with Gasteiger partial charge in [-0.2, -0.15) is 0 Å². The third-order valence-corrected chi connectivity index (χ3v) is 4.57. The van der Waals surface area contributed by atoms with Gasteiger partial charge in [0, 0.05) is 31.8 Å². The number of nitrogens with zero attached hydrogens (tertiary/aromatic N) is 3. The third-order valence-electron chi connectivity index (χ3n) is 4.57. The Hall–Kier alpha value is -3.00. The van der Waals surface area contributed by atoms with Crippen molar-refractivity contribution in [3.05, 3.63) is 69.5 Å². The monoisotopic (exact) mass is 358 g/mol. The second kappa shape index (κ2) is 7.09. The van der Waals surface area contributed by atoms with Gasteiger partial charge in [0.2, 0.25) is 0 Å². The van der Waals surface area contributed by atoms with Crippen LogP contribution in [-0.2, 0) is 0 Å². The molecule has 136 valence electrons. The van der Waals surface area contributed by atoms with Gasteiger partial charge < -0.3 is 15.5 Å². The fourth-order valence-electron chi connectivity index (χ4n) is 3.18. The molecule has 1 amide bonds. The number of hydrogen-bond acceptors (Lipinski definition) is 5. The first-order valence-electron chi connectivity index (χ1n) is 8.16. The minimum Gasteiger partial charge on any atom is -0.393 e. The van der Waals surface area contributed by atoms with Crippen molar-refractivity contribution in [3.8, 4) is 0 Å². The van der Waals surface area contributed by atoms with Gasteiger partial charge in [-0.3, -0.25) is 14.9 Å². The summed E-state index contributed by atoms with van der Waals surface area (Å²) in [6, 6.07) is 10.9. The molecule has 3 rings (SSSR count). The fraction of sp³-hybridized carbons (Fsp3) is 0.278. The largest absolute Gasteiger partial charge is 0.393 e. The second-order valence-electron chi connectivity index (χ2n) is 6.34. The molecule has 1 aliphatic heterocycles. The Bertz CT molecular complexity index is 844. The van der Waals surface area contributed by atoms with Gasteiger partial charge in [-0.15, -0.1) is 0 Å². The highest BCUT2D eigenvalue weighted by Crippen LogP contribution is 2.30. The lowest BCUT2D eigenvalue weighted by atomic mass is 10.0. The molecular formula is C18H19FN4O3. The summed E-state index contributed by atoms with van der Waals surface area (Å²) in [4.78, 5) is 27.0. The Balaban J connectivity index is 2.00. The highest BCUT2D eigenvalue weighted by atomic mass is 19.1. The van der Waals surface area contributed by atoms with Crippen molar-refractivity contribution < 1.29 is 14.1 Å². The molecule has 1 fully saturated rings. The van der Waals surface area contributed by atoms with Gasteiger partial charge in [0.1, 0.15) is 11.5 Å². The molecule has 1 heterocycles. The summed E-state index contributed by atoms with van der Waals surface area (Å²) >= 11 is 0. The van der Waals surface area contributed by atoms with E-state index in [1.807, 2.05) is 37.4 Å². The Labute approximate surface area is 150 Å². The van der Waals surface area contributed by atoms with E-state index in [1.165, 1.54) is 0 Å². The number of nitro groups is 1. The summed E-state index contributed by atoms with van der Waals surface area (Å²) in [5, 5.41) is 11.1. The number of likely N-dealkylation sites (N-methyl/N-ethyl adjacent to an activating group) is 1. The average Bonchev–Trinajstić information content (AvgIpc) is 2.61. The molecule has 1 aliphatic rings. The lowest BCUT2D eigenvalue weighted by Crippen LogP contribution is -2.49. The molecule has 2 N–H and O–H groups in total. The van der Waals surface area contributed by atoms with Crippen LogP contribution >= 0.6 is 0 Å². The molecule has 2 aromatic carbocycles. The average molecular weight is 358 g/mol. The van der Waals surface area contributed by atoms with Gasteiger partial charge in [-0.25, -0.2) is 4.39 Å². The molecule has 1 saturated heterocycles. The number of hydrogen-bond donors (Lipinski definition) is 1. The second-order valence-corrected chi connectivity index (χ2v) is 6.34. The number of nitrogen functional groups attached to an aromatic ring is 1. The van der Waals surface area contributed by atoms with E-state index >= 15 is 0 Å². The van der Waals surface area contributed by atoms with E-state index in [-0.39, 0.29) is 17.3 Å². The maximum atomic E-state index is 14.3. The summed E-state index contributed by atoms with van der Waals surface area (Å²) in [6.07, 6.45) is 0. The zero-order valence-electron chi connectivity index (χ0n) is 14.3. The Morgan fingerprint density at radius 2 is 1.96 bits per heavy atom. The molecule has 0 spiro atoms. The van der Waals surface area contributed by atoms with E-state index in [0.717, 1.165) is 17.7 Å². The lowest BCUT2D eigenvalue weighted by Gasteiger charge is -2.40. The zero-order valence-corrected chi connectivity index (χ0v) is 14.3. The van der Waals surface area contributed by atoms with Crippen molar-refractivity contribution in [2.45, 2.75) is 6.04 Å². The predicted molar refractivity (Wildman–Crippen MR) is 95.2 cm³/mol. The lowest BCUT2D eigenvalue weighted by molar-refractivity contribution is -0.384. The maximum absolute atomic E-state index is 14.3. The molecular weight excluding hydrogens is 339 g/mol. The van der Waals surface area contributed by atoms with Crippen molar-refractivity contribution in [3.63, 3.8) is 0 Å². The highest BCUT2D eigenvalue weighted by Gasteiger charge is 2.33. The standard InChI is InChI=1S/C18H19FN4O3/c1-21-7-8-22(17(11-21)12-5-3-2-4-6-12)18(24)13-9-16(23(25)26)15(20)10-14(13)19/h2-6,9-10,17H,7-8,11,20H2,1H3/t17-/m1/s1. The normalized spacial score (nSPS) is 17.9. The number of nitro benzene ring substituents is 1. The van der Waals surface area contributed by atoms with Crippen molar-refractivity contribution in [1.29, 1.82) is 0 Å². The van der Waals surface area contributed by atoms with Crippen LogP contribution in [0.3, 0.4) is 0 Å². The quantitative estimate of drug-likeness (QED) is 0.517. The number of nitrogens with two attached hydrogens (primary N) is 1. The SMILES string of the molecule is CN1CCN(C(=O)c2cc([N+](=O)[O-])c(N)cc2F)[C@@H](c2ccccc2)C1. The van der Waals surface area contributed by atoms with E-state index in [1.54, 1.807) is 4.90 Å². The molecule has 7 nitrogen and oxygen atoms in total. The summed E-state index contributed by atoms with van der Waals surface area (Å²) in [6.45, 7) is 1.62. The van der Waals surface area contributed by atoms with E-state index < -0.39 is 22.3 Å². The first-order valence-corrected chi connectivity index (χ1v) is 8.16. The first-order chi connectivity index (χ1) is 12.4. The van der Waals surface area contributed by atoms with Crippen LogP contribution in [0.15, 0.2) is 42.5 Å². The van der Waals surface area contributed by atoms with Gasteiger partial charge in [-0.1, -0.05) is 30.3 Å². The number of amides is 1. The van der Waals surface area contributed by atoms with E-state index in [4.69, 9.17) is 5.73 Å². The third kappa shape index (κ3) is 3.36. The Morgan fingerprint density at radius 1 is 1.27 bits per heavy atom. The van der Waals surface area contributed by atoms with Crippen molar-refractivity contribution in [2.24, 2.45) is 0 Å². The number of halogens is 1. The number of benzene rings is 2. The van der Waals surface area contributed by atoms with E-state index in [9.17, 15) is 19.3 Å². The minimum absolute atomic E-state index is 0.265. The van der Waals surface area contributed by atoms with Gasteiger partial charge in [-0.05, 0) is 12.6 Å². The highest BCUT2D eigenvalue weighted by molar-refractivity contribution is 5.96. The zero-order chi connectivity index (χ0) is 18.8. The minimum atomic E-state index is -0.858. The molecule has 0 bridgehead atoms. The van der Waals surface area contributed by atoms with Crippen LogP contribution in [0, 0.1) is 15.9 Å². The van der Waals surface area contributed by atoms with Crippen LogP contribution in [0.25, 0.3) is 0 Å². The van der Waals surface area contributed by atoms with Crippen LogP contribution < -0.4 is 5.73 Å². The smallest absolute Gasteiger partial charge is 0.293 e. The topological polar surface area (TPSA) is 92.7 Å². The number of carbonyl (C=O) groups is 1. The van der Waals surface area contributed by atoms with Crippen molar-refractivity contribution in [1.82, 2.24) is 9.80 Å². The van der Waals surface area contributed by atoms with Crippen LogP contribution in [0.4, 0.5) is 15.8 Å². The Morgan fingerprint density at radius 3 is 2.62 bits per heavy atom. The molecule has 1 atom stereocenters. The van der Waals surface area contributed by atoms with E-state index in [2.05, 4.69) is 4.90 Å². The summed E-state index contributed by atoms with van der Waals surface area (Å²) in [5.41, 5.74) is 5.31. The maximum Gasteiger partial charge on any atom is 0.293 e.